The van der Waals surface area contributed by atoms with Crippen LogP contribution in [0.5, 0.6) is 0 Å². The SMILES string of the molecule is CNC(=O)[C@@H]1O[C@@H](CO)[C@H](O)[C@@H](O)[C@@H]1O. The second-order valence-corrected chi connectivity index (χ2v) is 3.36. The van der Waals surface area contributed by atoms with Crippen molar-refractivity contribution in [3.8, 4) is 0 Å². The van der Waals surface area contributed by atoms with Gasteiger partial charge in [-0.1, -0.05) is 0 Å². The molecule has 0 aromatic carbocycles. The molecule has 88 valence electrons. The summed E-state index contributed by atoms with van der Waals surface area (Å²) in [5.41, 5.74) is 0. The molecule has 7 heteroatoms. The third-order valence-electron chi connectivity index (χ3n) is 2.40. The van der Waals surface area contributed by atoms with Gasteiger partial charge < -0.3 is 30.5 Å². The molecule has 1 rings (SSSR count). The molecule has 1 saturated heterocycles. The van der Waals surface area contributed by atoms with Gasteiger partial charge in [-0.2, -0.15) is 0 Å². The minimum atomic E-state index is -1.52. The molecule has 0 unspecified atom stereocenters. The second kappa shape index (κ2) is 4.86. The molecular formula is C8H15NO6. The van der Waals surface area contributed by atoms with E-state index in [1.807, 2.05) is 0 Å². The first-order valence-corrected chi connectivity index (χ1v) is 4.55. The van der Waals surface area contributed by atoms with Gasteiger partial charge in [-0.15, -0.1) is 0 Å². The standard InChI is InChI=1S/C8H15NO6/c1-9-8(14)7-6(13)5(12)4(11)3(2-10)15-7/h3-7,10-13H,2H2,1H3,(H,9,14)/t3-,4-,5+,6-,7+/m0/s1. The first kappa shape index (κ1) is 12.3. The Kier molecular flexibility index (Phi) is 4.00. The van der Waals surface area contributed by atoms with Crippen molar-refractivity contribution in [1.29, 1.82) is 0 Å². The summed E-state index contributed by atoms with van der Waals surface area (Å²) < 4.78 is 4.96. The van der Waals surface area contributed by atoms with Gasteiger partial charge in [0.05, 0.1) is 6.61 Å². The highest BCUT2D eigenvalue weighted by Crippen LogP contribution is 2.20. The zero-order chi connectivity index (χ0) is 11.6. The van der Waals surface area contributed by atoms with Gasteiger partial charge in [0.15, 0.2) is 6.10 Å². The molecule has 0 saturated carbocycles. The highest BCUT2D eigenvalue weighted by Gasteiger charge is 2.46. The van der Waals surface area contributed by atoms with Crippen LogP contribution in [0.25, 0.3) is 0 Å². The molecular weight excluding hydrogens is 206 g/mol. The van der Waals surface area contributed by atoms with Gasteiger partial charge >= 0.3 is 0 Å². The van der Waals surface area contributed by atoms with Crippen molar-refractivity contribution in [3.05, 3.63) is 0 Å². The first-order chi connectivity index (χ1) is 7.02. The highest BCUT2D eigenvalue weighted by molar-refractivity contribution is 5.81. The fourth-order valence-corrected chi connectivity index (χ4v) is 1.46. The summed E-state index contributed by atoms with van der Waals surface area (Å²) >= 11 is 0. The van der Waals surface area contributed by atoms with Crippen LogP contribution in [-0.2, 0) is 9.53 Å². The number of nitrogens with one attached hydrogen (secondary N) is 1. The summed E-state index contributed by atoms with van der Waals surface area (Å²) in [4.78, 5) is 11.2. The molecule has 15 heavy (non-hydrogen) atoms. The van der Waals surface area contributed by atoms with Crippen LogP contribution in [0.15, 0.2) is 0 Å². The molecule has 0 spiro atoms. The van der Waals surface area contributed by atoms with Gasteiger partial charge in [0.1, 0.15) is 24.4 Å². The number of rotatable bonds is 2. The van der Waals surface area contributed by atoms with Crippen LogP contribution < -0.4 is 5.32 Å². The monoisotopic (exact) mass is 221 g/mol. The van der Waals surface area contributed by atoms with E-state index >= 15 is 0 Å². The van der Waals surface area contributed by atoms with Crippen molar-refractivity contribution in [2.45, 2.75) is 30.5 Å². The van der Waals surface area contributed by atoms with Gasteiger partial charge in [-0.05, 0) is 0 Å². The molecule has 0 aliphatic carbocycles. The Morgan fingerprint density at radius 3 is 2.33 bits per heavy atom. The zero-order valence-corrected chi connectivity index (χ0v) is 8.20. The minimum Gasteiger partial charge on any atom is -0.394 e. The molecule has 7 nitrogen and oxygen atoms in total. The minimum absolute atomic E-state index is 0.543. The van der Waals surface area contributed by atoms with E-state index in [0.29, 0.717) is 0 Å². The van der Waals surface area contributed by atoms with Crippen molar-refractivity contribution in [2.75, 3.05) is 13.7 Å². The van der Waals surface area contributed by atoms with E-state index in [0.717, 1.165) is 0 Å². The number of likely N-dealkylation sites (N-methyl/N-ethyl adjacent to an activating group) is 1. The number of aliphatic hydroxyl groups excluding tert-OH is 4. The fourth-order valence-electron chi connectivity index (χ4n) is 1.46. The van der Waals surface area contributed by atoms with E-state index in [1.165, 1.54) is 7.05 Å². The lowest BCUT2D eigenvalue weighted by atomic mass is 9.95. The average molecular weight is 221 g/mol. The number of carbonyl (C=O) groups excluding carboxylic acids is 1. The van der Waals surface area contributed by atoms with Crippen LogP contribution in [0.3, 0.4) is 0 Å². The Labute approximate surface area is 86.3 Å². The van der Waals surface area contributed by atoms with E-state index in [2.05, 4.69) is 5.32 Å². The molecule has 0 radical (unpaired) electrons. The largest absolute Gasteiger partial charge is 0.394 e. The van der Waals surface area contributed by atoms with Crippen LogP contribution in [0.1, 0.15) is 0 Å². The number of ether oxygens (including phenoxy) is 1. The maximum Gasteiger partial charge on any atom is 0.251 e. The van der Waals surface area contributed by atoms with Crippen molar-refractivity contribution < 1.29 is 30.0 Å². The summed E-state index contributed by atoms with van der Waals surface area (Å²) in [7, 11) is 1.35. The van der Waals surface area contributed by atoms with E-state index in [1.54, 1.807) is 0 Å². The number of carbonyl (C=O) groups is 1. The lowest BCUT2D eigenvalue weighted by molar-refractivity contribution is -0.226. The number of hydrogen-bond acceptors (Lipinski definition) is 6. The normalized spacial score (nSPS) is 41.3. The van der Waals surface area contributed by atoms with Crippen molar-refractivity contribution >= 4 is 5.91 Å². The summed E-state index contributed by atoms with van der Waals surface area (Å²) in [6.45, 7) is -0.543. The summed E-state index contributed by atoms with van der Waals surface area (Å²) in [5, 5.41) is 39.3. The lowest BCUT2D eigenvalue weighted by Gasteiger charge is -2.38. The average Bonchev–Trinajstić information content (AvgIpc) is 2.25. The fraction of sp³-hybridized carbons (Fsp3) is 0.875. The first-order valence-electron chi connectivity index (χ1n) is 4.55. The van der Waals surface area contributed by atoms with Gasteiger partial charge in [0, 0.05) is 7.05 Å². The van der Waals surface area contributed by atoms with Crippen LogP contribution in [0.4, 0.5) is 0 Å². The van der Waals surface area contributed by atoms with Gasteiger partial charge in [0.2, 0.25) is 0 Å². The summed E-state index contributed by atoms with van der Waals surface area (Å²) in [5.74, 6) is -0.619. The van der Waals surface area contributed by atoms with E-state index in [-0.39, 0.29) is 0 Å². The number of aliphatic hydroxyl groups is 4. The highest BCUT2D eigenvalue weighted by atomic mass is 16.5. The molecule has 1 aliphatic heterocycles. The molecule has 1 fully saturated rings. The third kappa shape index (κ3) is 2.27. The zero-order valence-electron chi connectivity index (χ0n) is 8.20. The molecule has 0 bridgehead atoms. The van der Waals surface area contributed by atoms with Gasteiger partial charge in [-0.25, -0.2) is 0 Å². The molecule has 1 heterocycles. The summed E-state index contributed by atoms with van der Waals surface area (Å²) in [6.07, 6.45) is -6.80. The van der Waals surface area contributed by atoms with Crippen LogP contribution in [0, 0.1) is 0 Å². The van der Waals surface area contributed by atoms with Crippen molar-refractivity contribution in [3.63, 3.8) is 0 Å². The molecule has 5 atom stereocenters. The topological polar surface area (TPSA) is 119 Å². The number of hydrogen-bond donors (Lipinski definition) is 5. The predicted molar refractivity (Wildman–Crippen MR) is 47.8 cm³/mol. The Bertz CT molecular complexity index is 233. The third-order valence-corrected chi connectivity index (χ3v) is 2.40. The smallest absolute Gasteiger partial charge is 0.251 e. The Morgan fingerprint density at radius 2 is 1.87 bits per heavy atom. The number of amides is 1. The lowest BCUT2D eigenvalue weighted by Crippen LogP contribution is -2.62. The van der Waals surface area contributed by atoms with Crippen LogP contribution >= 0.6 is 0 Å². The molecule has 1 amide bonds. The molecule has 0 aromatic heterocycles. The van der Waals surface area contributed by atoms with Crippen LogP contribution in [-0.4, -0.2) is 70.5 Å². The Balaban J connectivity index is 2.78. The van der Waals surface area contributed by atoms with E-state index in [4.69, 9.17) is 9.84 Å². The van der Waals surface area contributed by atoms with E-state index in [9.17, 15) is 20.1 Å². The Morgan fingerprint density at radius 1 is 1.27 bits per heavy atom. The van der Waals surface area contributed by atoms with E-state index < -0.39 is 43.0 Å². The van der Waals surface area contributed by atoms with Crippen molar-refractivity contribution in [1.82, 2.24) is 5.32 Å². The maximum atomic E-state index is 11.2. The predicted octanol–water partition coefficient (Wildman–Crippen LogP) is -3.43. The van der Waals surface area contributed by atoms with Gasteiger partial charge in [-0.3, -0.25) is 4.79 Å². The summed E-state index contributed by atoms with van der Waals surface area (Å²) in [6, 6.07) is 0. The quantitative estimate of drug-likeness (QED) is 0.331. The maximum absolute atomic E-state index is 11.2. The molecule has 5 N–H and O–H groups in total. The second-order valence-electron chi connectivity index (χ2n) is 3.36. The van der Waals surface area contributed by atoms with Crippen LogP contribution in [0.2, 0.25) is 0 Å². The molecule has 0 aromatic rings. The molecule has 1 aliphatic rings. The van der Waals surface area contributed by atoms with Crippen molar-refractivity contribution in [2.24, 2.45) is 0 Å². The Hall–Kier alpha value is -0.730. The van der Waals surface area contributed by atoms with Gasteiger partial charge in [0.25, 0.3) is 5.91 Å².